The first-order chi connectivity index (χ1) is 12.2. The molecule has 0 spiro atoms. The minimum atomic E-state index is -1.33. The monoisotopic (exact) mass is 404 g/mol. The van der Waals surface area contributed by atoms with E-state index in [-0.39, 0.29) is 0 Å². The summed E-state index contributed by atoms with van der Waals surface area (Å²) in [6, 6.07) is 23.9. The summed E-state index contributed by atoms with van der Waals surface area (Å²) < 4.78 is 0. The van der Waals surface area contributed by atoms with Gasteiger partial charge in [-0.3, -0.25) is 0 Å². The van der Waals surface area contributed by atoms with Gasteiger partial charge in [-0.1, -0.05) is 73.5 Å². The number of hydrogen-bond donors (Lipinski definition) is 0. The zero-order chi connectivity index (χ0) is 17.2. The van der Waals surface area contributed by atoms with E-state index in [1.54, 1.807) is 0 Å². The first kappa shape index (κ1) is 17.8. The van der Waals surface area contributed by atoms with Gasteiger partial charge in [0.1, 0.15) is 16.2 Å². The van der Waals surface area contributed by atoms with Gasteiger partial charge < -0.3 is 0 Å². The zero-order valence-corrected chi connectivity index (χ0v) is 18.4. The van der Waals surface area contributed by atoms with Gasteiger partial charge in [0.05, 0.1) is 0 Å². The van der Waals surface area contributed by atoms with Crippen molar-refractivity contribution in [1.29, 1.82) is 0 Å². The average Bonchev–Trinajstić information content (AvgIpc) is 3.24. The summed E-state index contributed by atoms with van der Waals surface area (Å²) in [5.41, 5.74) is 4.37. The summed E-state index contributed by atoms with van der Waals surface area (Å²) in [7, 11) is -2.65. The first-order valence-corrected chi connectivity index (χ1v) is 16.0. The Kier molecular flexibility index (Phi) is 5.71. The van der Waals surface area contributed by atoms with Crippen LogP contribution < -0.4 is 0 Å². The van der Waals surface area contributed by atoms with E-state index in [4.69, 9.17) is 22.2 Å². The van der Waals surface area contributed by atoms with Gasteiger partial charge in [0.2, 0.25) is 0 Å². The van der Waals surface area contributed by atoms with Crippen molar-refractivity contribution in [2.24, 2.45) is 11.8 Å². The molecule has 2 aliphatic rings. The Morgan fingerprint density at radius 2 is 1.08 bits per heavy atom. The maximum atomic E-state index is 7.16. The van der Waals surface area contributed by atoms with Gasteiger partial charge in [0, 0.05) is 0 Å². The highest BCUT2D eigenvalue weighted by Crippen LogP contribution is 2.62. The lowest BCUT2D eigenvalue weighted by atomic mass is 9.99. The largest absolute Gasteiger partial charge is 0.171 e. The molecule has 25 heavy (non-hydrogen) atoms. The van der Waals surface area contributed by atoms with Gasteiger partial charge in [0.15, 0.2) is 0 Å². The van der Waals surface area contributed by atoms with Crippen molar-refractivity contribution < 1.29 is 0 Å². The van der Waals surface area contributed by atoms with E-state index >= 15 is 0 Å². The van der Waals surface area contributed by atoms with Crippen molar-refractivity contribution in [3.63, 3.8) is 0 Å². The third-order valence-electron chi connectivity index (χ3n) is 6.43. The maximum absolute atomic E-state index is 7.16. The zero-order valence-electron chi connectivity index (χ0n) is 14.5. The minimum Gasteiger partial charge on any atom is -0.171 e. The van der Waals surface area contributed by atoms with Crippen LogP contribution >= 0.6 is 22.2 Å². The van der Waals surface area contributed by atoms with Crippen LogP contribution in [0.2, 0.25) is 11.1 Å². The van der Waals surface area contributed by atoms with Crippen molar-refractivity contribution in [2.75, 3.05) is 0 Å². The van der Waals surface area contributed by atoms with Crippen molar-refractivity contribution in [2.45, 2.75) is 42.4 Å². The highest BCUT2D eigenvalue weighted by Gasteiger charge is 2.53. The molecular formula is C21H26Cl2Si2. The number of fused-ring (bicyclic) bond motifs is 2. The molecule has 0 aliphatic heterocycles. The molecule has 6 atom stereocenters. The topological polar surface area (TPSA) is 0 Å². The Labute approximate surface area is 164 Å². The van der Waals surface area contributed by atoms with Gasteiger partial charge in [-0.2, -0.15) is 22.2 Å². The molecule has 132 valence electrons. The second-order valence-electron chi connectivity index (χ2n) is 7.90. The molecule has 4 rings (SSSR count). The SMILES string of the molecule is Cl[SiH](Cc1ccccc1)C1C2CCC(C2)C1[SiH](Cl)Cc1ccccc1. The van der Waals surface area contributed by atoms with E-state index in [1.165, 1.54) is 30.4 Å². The van der Waals surface area contributed by atoms with Crippen LogP contribution in [0.5, 0.6) is 0 Å². The van der Waals surface area contributed by atoms with Crippen LogP contribution in [0.4, 0.5) is 0 Å². The molecule has 2 saturated carbocycles. The van der Waals surface area contributed by atoms with Gasteiger partial charge >= 0.3 is 0 Å². The number of rotatable bonds is 6. The van der Waals surface area contributed by atoms with Crippen molar-refractivity contribution in [1.82, 2.24) is 0 Å². The van der Waals surface area contributed by atoms with Crippen LogP contribution in [0.25, 0.3) is 0 Å². The second kappa shape index (κ2) is 8.00. The Hall–Kier alpha value is -0.546. The minimum absolute atomic E-state index is 0.763. The Morgan fingerprint density at radius 1 is 0.680 bits per heavy atom. The van der Waals surface area contributed by atoms with E-state index in [2.05, 4.69) is 60.7 Å². The highest BCUT2D eigenvalue weighted by atomic mass is 35.6. The van der Waals surface area contributed by atoms with Gasteiger partial charge in [-0.25, -0.2) is 0 Å². The van der Waals surface area contributed by atoms with Crippen molar-refractivity contribution in [3.05, 3.63) is 71.8 Å². The molecular weight excluding hydrogens is 379 g/mol. The Bertz CT molecular complexity index is 619. The molecule has 4 heteroatoms. The van der Waals surface area contributed by atoms with Crippen LogP contribution in [0.3, 0.4) is 0 Å². The lowest BCUT2D eigenvalue weighted by molar-refractivity contribution is 0.469. The van der Waals surface area contributed by atoms with Gasteiger partial charge in [0.25, 0.3) is 0 Å². The lowest BCUT2D eigenvalue weighted by Gasteiger charge is -2.36. The fourth-order valence-corrected chi connectivity index (χ4v) is 16.6. The molecule has 2 aromatic rings. The smallest absolute Gasteiger partial charge is 0.148 e. The molecule has 6 unspecified atom stereocenters. The van der Waals surface area contributed by atoms with E-state index < -0.39 is 16.2 Å². The summed E-state index contributed by atoms with van der Waals surface area (Å²) in [6.07, 6.45) is 4.21. The lowest BCUT2D eigenvalue weighted by Crippen LogP contribution is -2.34. The summed E-state index contributed by atoms with van der Waals surface area (Å²) in [5, 5.41) is 0. The molecule has 2 bridgehead atoms. The molecule has 2 aliphatic carbocycles. The first-order valence-electron chi connectivity index (χ1n) is 9.58. The normalized spacial score (nSPS) is 30.3. The van der Waals surface area contributed by atoms with Crippen LogP contribution in [0.15, 0.2) is 60.7 Å². The van der Waals surface area contributed by atoms with E-state index in [9.17, 15) is 0 Å². The molecule has 0 N–H and O–H groups in total. The molecule has 0 nitrogen and oxygen atoms in total. The summed E-state index contributed by atoms with van der Waals surface area (Å²) >= 11 is 14.3. The van der Waals surface area contributed by atoms with Crippen molar-refractivity contribution in [3.8, 4) is 0 Å². The molecule has 0 radical (unpaired) electrons. The van der Waals surface area contributed by atoms with Crippen LogP contribution in [-0.4, -0.2) is 16.2 Å². The van der Waals surface area contributed by atoms with Crippen LogP contribution in [-0.2, 0) is 12.1 Å². The van der Waals surface area contributed by atoms with E-state index in [0.29, 0.717) is 0 Å². The molecule has 0 heterocycles. The number of hydrogen-bond acceptors (Lipinski definition) is 0. The molecule has 2 aromatic carbocycles. The van der Waals surface area contributed by atoms with E-state index in [1.807, 2.05) is 0 Å². The van der Waals surface area contributed by atoms with Crippen molar-refractivity contribution >= 4 is 38.4 Å². The molecule has 0 amide bonds. The summed E-state index contributed by atoms with van der Waals surface area (Å²) in [5.74, 6) is 1.75. The summed E-state index contributed by atoms with van der Waals surface area (Å²) in [6.45, 7) is 0. The van der Waals surface area contributed by atoms with Gasteiger partial charge in [-0.15, -0.1) is 0 Å². The Balaban J connectivity index is 1.49. The summed E-state index contributed by atoms with van der Waals surface area (Å²) in [4.78, 5) is 0. The van der Waals surface area contributed by atoms with Crippen LogP contribution in [0, 0.1) is 11.8 Å². The van der Waals surface area contributed by atoms with E-state index in [0.717, 1.165) is 35.0 Å². The Morgan fingerprint density at radius 3 is 1.48 bits per heavy atom. The molecule has 0 saturated heterocycles. The third kappa shape index (κ3) is 3.92. The quantitative estimate of drug-likeness (QED) is 0.431. The number of benzene rings is 2. The highest BCUT2D eigenvalue weighted by molar-refractivity contribution is 7.11. The van der Waals surface area contributed by atoms with Crippen LogP contribution in [0.1, 0.15) is 30.4 Å². The standard InChI is InChI=1S/C21H26Cl2Si2/c22-24(14-16-7-3-1-4-8-16)20-18-11-12-19(13-18)21(20)25(23)15-17-9-5-2-6-10-17/h1-10,18-21,24-25H,11-15H2. The fraction of sp³-hybridized carbons (Fsp3) is 0.429. The fourth-order valence-electron chi connectivity index (χ4n) is 5.40. The predicted molar refractivity (Wildman–Crippen MR) is 115 cm³/mol. The predicted octanol–water partition coefficient (Wildman–Crippen LogP) is 5.65. The third-order valence-corrected chi connectivity index (χ3v) is 14.9. The maximum Gasteiger partial charge on any atom is 0.148 e. The number of halogens is 2. The molecule has 2 fully saturated rings. The molecule has 0 aromatic heterocycles. The average molecular weight is 406 g/mol. The second-order valence-corrected chi connectivity index (χ2v) is 15.7. The van der Waals surface area contributed by atoms with Gasteiger partial charge in [-0.05, 0) is 52.6 Å².